The fourth-order valence-corrected chi connectivity index (χ4v) is 2.55. The van der Waals surface area contributed by atoms with Crippen molar-refractivity contribution in [2.75, 3.05) is 39.3 Å². The molecule has 0 aromatic heterocycles. The summed E-state index contributed by atoms with van der Waals surface area (Å²) >= 11 is 0. The summed E-state index contributed by atoms with van der Waals surface area (Å²) in [5.74, 6) is 0.312. The van der Waals surface area contributed by atoms with Gasteiger partial charge in [-0.1, -0.05) is 0 Å². The van der Waals surface area contributed by atoms with Crippen LogP contribution in [0.1, 0.15) is 26.7 Å². The van der Waals surface area contributed by atoms with Crippen LogP contribution < -0.4 is 5.32 Å². The molecule has 0 saturated carbocycles. The van der Waals surface area contributed by atoms with Crippen LogP contribution in [0.2, 0.25) is 0 Å². The Hall–Kier alpha value is -0.610. The fourth-order valence-electron chi connectivity index (χ4n) is 2.55. The van der Waals surface area contributed by atoms with Crippen LogP contribution in [-0.2, 0) is 4.79 Å². The fraction of sp³-hybridized carbons (Fsp3) is 0.917. The van der Waals surface area contributed by atoms with E-state index in [1.54, 1.807) is 0 Å². The zero-order chi connectivity index (χ0) is 11.6. The standard InChI is InChI=1S/C12H23N3O/c1-12(2)10-13-5-8-15(12)9-11(16)14-6-3-4-7-14/h13H,3-10H2,1-2H3. The van der Waals surface area contributed by atoms with E-state index in [-0.39, 0.29) is 5.54 Å². The molecule has 0 unspecified atom stereocenters. The van der Waals surface area contributed by atoms with Gasteiger partial charge in [-0.15, -0.1) is 0 Å². The number of carbonyl (C=O) groups is 1. The Morgan fingerprint density at radius 1 is 1.25 bits per heavy atom. The highest BCUT2D eigenvalue weighted by atomic mass is 16.2. The molecule has 4 heteroatoms. The number of nitrogens with zero attached hydrogens (tertiary/aromatic N) is 2. The average molecular weight is 225 g/mol. The predicted octanol–water partition coefficient (Wildman–Crippen LogP) is 0.293. The van der Waals surface area contributed by atoms with Crippen molar-refractivity contribution in [2.45, 2.75) is 32.2 Å². The summed E-state index contributed by atoms with van der Waals surface area (Å²) in [4.78, 5) is 16.4. The monoisotopic (exact) mass is 225 g/mol. The summed E-state index contributed by atoms with van der Waals surface area (Å²) in [6.07, 6.45) is 2.35. The molecule has 0 aliphatic carbocycles. The van der Waals surface area contributed by atoms with Crippen molar-refractivity contribution in [1.82, 2.24) is 15.1 Å². The van der Waals surface area contributed by atoms with Crippen LogP contribution in [0, 0.1) is 0 Å². The number of likely N-dealkylation sites (tertiary alicyclic amines) is 1. The predicted molar refractivity (Wildman–Crippen MR) is 64.3 cm³/mol. The minimum Gasteiger partial charge on any atom is -0.342 e. The van der Waals surface area contributed by atoms with Crippen LogP contribution in [0.25, 0.3) is 0 Å². The average Bonchev–Trinajstić information content (AvgIpc) is 2.74. The third-order valence-electron chi connectivity index (χ3n) is 3.76. The topological polar surface area (TPSA) is 35.6 Å². The number of carbonyl (C=O) groups excluding carboxylic acids is 1. The molecule has 2 saturated heterocycles. The Balaban J connectivity index is 1.89. The molecule has 1 N–H and O–H groups in total. The number of rotatable bonds is 2. The maximum absolute atomic E-state index is 12.1. The maximum Gasteiger partial charge on any atom is 0.236 e. The van der Waals surface area contributed by atoms with Crippen LogP contribution >= 0.6 is 0 Å². The second kappa shape index (κ2) is 4.72. The zero-order valence-electron chi connectivity index (χ0n) is 10.5. The molecule has 0 aromatic carbocycles. The highest BCUT2D eigenvalue weighted by molar-refractivity contribution is 5.78. The summed E-state index contributed by atoms with van der Waals surface area (Å²) in [6.45, 7) is 9.88. The Bertz CT molecular complexity index is 259. The molecule has 2 aliphatic rings. The number of piperazine rings is 1. The lowest BCUT2D eigenvalue weighted by atomic mass is 10.0. The van der Waals surface area contributed by atoms with Crippen molar-refractivity contribution in [1.29, 1.82) is 0 Å². The van der Waals surface area contributed by atoms with Gasteiger partial charge in [-0.3, -0.25) is 9.69 Å². The number of nitrogens with one attached hydrogen (secondary N) is 1. The Morgan fingerprint density at radius 2 is 1.94 bits per heavy atom. The third-order valence-corrected chi connectivity index (χ3v) is 3.76. The van der Waals surface area contributed by atoms with E-state index in [1.807, 2.05) is 4.90 Å². The molecular weight excluding hydrogens is 202 g/mol. The van der Waals surface area contributed by atoms with Gasteiger partial charge in [-0.05, 0) is 26.7 Å². The van der Waals surface area contributed by atoms with Gasteiger partial charge >= 0.3 is 0 Å². The minimum absolute atomic E-state index is 0.105. The summed E-state index contributed by atoms with van der Waals surface area (Å²) in [5.41, 5.74) is 0.105. The lowest BCUT2D eigenvalue weighted by Crippen LogP contribution is -2.59. The molecule has 2 fully saturated rings. The van der Waals surface area contributed by atoms with Crippen LogP contribution in [-0.4, -0.2) is 60.5 Å². The van der Waals surface area contributed by atoms with Crippen LogP contribution in [0.15, 0.2) is 0 Å². The lowest BCUT2D eigenvalue weighted by molar-refractivity contribution is -0.133. The van der Waals surface area contributed by atoms with Crippen molar-refractivity contribution >= 4 is 5.91 Å². The summed E-state index contributed by atoms with van der Waals surface area (Å²) in [5, 5.41) is 3.38. The molecule has 2 heterocycles. The molecule has 0 bridgehead atoms. The second-order valence-corrected chi connectivity index (χ2v) is 5.50. The normalized spacial score (nSPS) is 26.0. The lowest BCUT2D eigenvalue weighted by Gasteiger charge is -2.42. The molecule has 0 radical (unpaired) electrons. The molecule has 2 rings (SSSR count). The van der Waals surface area contributed by atoms with E-state index in [4.69, 9.17) is 0 Å². The van der Waals surface area contributed by atoms with E-state index >= 15 is 0 Å². The molecule has 4 nitrogen and oxygen atoms in total. The van der Waals surface area contributed by atoms with Gasteiger partial charge in [0.2, 0.25) is 5.91 Å². The first-order valence-corrected chi connectivity index (χ1v) is 6.33. The quantitative estimate of drug-likeness (QED) is 0.734. The first-order valence-electron chi connectivity index (χ1n) is 6.33. The minimum atomic E-state index is 0.105. The van der Waals surface area contributed by atoms with Gasteiger partial charge in [0, 0.05) is 38.3 Å². The molecule has 0 spiro atoms. The first-order chi connectivity index (χ1) is 7.59. The van der Waals surface area contributed by atoms with E-state index in [2.05, 4.69) is 24.1 Å². The maximum atomic E-state index is 12.1. The summed E-state index contributed by atoms with van der Waals surface area (Å²) in [7, 11) is 0. The van der Waals surface area contributed by atoms with Crippen LogP contribution in [0.5, 0.6) is 0 Å². The van der Waals surface area contributed by atoms with Crippen LogP contribution in [0.3, 0.4) is 0 Å². The van der Waals surface area contributed by atoms with Crippen molar-refractivity contribution in [3.05, 3.63) is 0 Å². The molecule has 2 aliphatic heterocycles. The van der Waals surface area contributed by atoms with Gasteiger partial charge in [0.25, 0.3) is 0 Å². The summed E-state index contributed by atoms with van der Waals surface area (Å²) < 4.78 is 0. The van der Waals surface area contributed by atoms with Gasteiger partial charge < -0.3 is 10.2 Å². The van der Waals surface area contributed by atoms with E-state index in [0.717, 1.165) is 32.7 Å². The van der Waals surface area contributed by atoms with E-state index in [0.29, 0.717) is 12.5 Å². The number of hydrogen-bond donors (Lipinski definition) is 1. The van der Waals surface area contributed by atoms with E-state index in [9.17, 15) is 4.79 Å². The highest BCUT2D eigenvalue weighted by Gasteiger charge is 2.32. The van der Waals surface area contributed by atoms with E-state index < -0.39 is 0 Å². The SMILES string of the molecule is CC1(C)CNCCN1CC(=O)N1CCCC1. The van der Waals surface area contributed by atoms with Gasteiger partial charge in [0.05, 0.1) is 6.54 Å². The molecule has 92 valence electrons. The van der Waals surface area contributed by atoms with Gasteiger partial charge in [0.1, 0.15) is 0 Å². The number of hydrogen-bond acceptors (Lipinski definition) is 3. The molecule has 0 aromatic rings. The molecular formula is C12H23N3O. The highest BCUT2D eigenvalue weighted by Crippen LogP contribution is 2.17. The van der Waals surface area contributed by atoms with E-state index in [1.165, 1.54) is 12.8 Å². The molecule has 16 heavy (non-hydrogen) atoms. The Labute approximate surface area is 98.0 Å². The van der Waals surface area contributed by atoms with Crippen LogP contribution in [0.4, 0.5) is 0 Å². The van der Waals surface area contributed by atoms with Crippen molar-refractivity contribution in [3.8, 4) is 0 Å². The third kappa shape index (κ3) is 2.55. The van der Waals surface area contributed by atoms with Gasteiger partial charge in [0.15, 0.2) is 0 Å². The van der Waals surface area contributed by atoms with Crippen molar-refractivity contribution in [3.63, 3.8) is 0 Å². The second-order valence-electron chi connectivity index (χ2n) is 5.50. The zero-order valence-corrected chi connectivity index (χ0v) is 10.5. The molecule has 0 atom stereocenters. The Kier molecular flexibility index (Phi) is 3.50. The van der Waals surface area contributed by atoms with Crippen molar-refractivity contribution in [2.24, 2.45) is 0 Å². The summed E-state index contributed by atoms with van der Waals surface area (Å²) in [6, 6.07) is 0. The van der Waals surface area contributed by atoms with Gasteiger partial charge in [-0.25, -0.2) is 0 Å². The number of amides is 1. The van der Waals surface area contributed by atoms with Crippen molar-refractivity contribution < 1.29 is 4.79 Å². The first kappa shape index (κ1) is 11.9. The largest absolute Gasteiger partial charge is 0.342 e. The smallest absolute Gasteiger partial charge is 0.236 e. The Morgan fingerprint density at radius 3 is 2.56 bits per heavy atom. The van der Waals surface area contributed by atoms with Gasteiger partial charge in [-0.2, -0.15) is 0 Å². The molecule has 1 amide bonds.